The van der Waals surface area contributed by atoms with Gasteiger partial charge in [-0.1, -0.05) is 43.2 Å². The molecule has 2 N–H and O–H groups in total. The molecule has 0 spiro atoms. The van der Waals surface area contributed by atoms with Crippen LogP contribution in [0.25, 0.3) is 0 Å². The molecule has 2 atom stereocenters. The molecule has 7 nitrogen and oxygen atoms in total. The van der Waals surface area contributed by atoms with Crippen LogP contribution >= 0.6 is 12.6 Å². The van der Waals surface area contributed by atoms with Gasteiger partial charge in [0, 0.05) is 18.8 Å². The molecule has 31 heavy (non-hydrogen) atoms. The van der Waals surface area contributed by atoms with Crippen LogP contribution in [0.5, 0.6) is 0 Å². The monoisotopic (exact) mass is 451 g/mol. The van der Waals surface area contributed by atoms with Gasteiger partial charge >= 0.3 is 6.09 Å². The molecule has 0 heterocycles. The third kappa shape index (κ3) is 8.81. The number of nitrogens with zero attached hydrogens (tertiary/aromatic N) is 1. The molecule has 8 heteroatoms. The van der Waals surface area contributed by atoms with Crippen LogP contribution < -0.4 is 10.6 Å². The van der Waals surface area contributed by atoms with Crippen molar-refractivity contribution in [1.29, 1.82) is 0 Å². The molecule has 0 aliphatic heterocycles. The summed E-state index contributed by atoms with van der Waals surface area (Å²) in [5.74, 6) is -0.558. The minimum absolute atomic E-state index is 0.0760. The van der Waals surface area contributed by atoms with Crippen molar-refractivity contribution in [3.8, 4) is 0 Å². The molecule has 174 valence electrons. The van der Waals surface area contributed by atoms with Crippen molar-refractivity contribution in [2.24, 2.45) is 0 Å². The smallest absolute Gasteiger partial charge is 0.408 e. The number of carbonyl (C=O) groups is 3. The second-order valence-corrected chi connectivity index (χ2v) is 8.83. The van der Waals surface area contributed by atoms with E-state index in [0.29, 0.717) is 13.1 Å². The predicted octanol–water partition coefficient (Wildman–Crippen LogP) is 3.62. The van der Waals surface area contributed by atoms with Crippen LogP contribution in [0, 0.1) is 6.92 Å². The number of ether oxygens (including phenoxy) is 1. The van der Waals surface area contributed by atoms with Crippen LogP contribution in [0.3, 0.4) is 0 Å². The zero-order chi connectivity index (χ0) is 23.6. The largest absolute Gasteiger partial charge is 0.444 e. The van der Waals surface area contributed by atoms with Gasteiger partial charge in [0.05, 0.1) is 0 Å². The van der Waals surface area contributed by atoms with Gasteiger partial charge in [0.25, 0.3) is 0 Å². The van der Waals surface area contributed by atoms with Crippen molar-refractivity contribution in [2.75, 3.05) is 18.8 Å². The van der Waals surface area contributed by atoms with Gasteiger partial charge in [-0.25, -0.2) is 4.79 Å². The third-order valence-corrected chi connectivity index (χ3v) is 4.91. The number of likely N-dealkylation sites (N-methyl/N-ethyl adjacent to an activating group) is 1. The van der Waals surface area contributed by atoms with Gasteiger partial charge in [-0.3, -0.25) is 9.59 Å². The maximum atomic E-state index is 13.4. The normalized spacial score (nSPS) is 13.1. The van der Waals surface area contributed by atoms with E-state index in [2.05, 4.69) is 23.3 Å². The Morgan fingerprint density at radius 3 is 2.39 bits per heavy atom. The summed E-state index contributed by atoms with van der Waals surface area (Å²) in [6.07, 6.45) is 1.11. The van der Waals surface area contributed by atoms with Crippen molar-refractivity contribution in [2.45, 2.75) is 72.1 Å². The zero-order valence-electron chi connectivity index (χ0n) is 19.5. The molecule has 0 saturated carbocycles. The molecule has 2 unspecified atom stereocenters. The van der Waals surface area contributed by atoms with E-state index >= 15 is 0 Å². The summed E-state index contributed by atoms with van der Waals surface area (Å²) in [7, 11) is 0. The van der Waals surface area contributed by atoms with E-state index in [1.807, 2.05) is 45.0 Å². The number of carbonyl (C=O) groups excluding carboxylic acids is 3. The highest BCUT2D eigenvalue weighted by Gasteiger charge is 2.34. The van der Waals surface area contributed by atoms with Crippen LogP contribution in [-0.2, 0) is 14.3 Å². The molecule has 0 aliphatic rings. The first-order chi connectivity index (χ1) is 14.5. The number of hydrogen-bond acceptors (Lipinski definition) is 5. The molecule has 1 aromatic carbocycles. The Balaban J connectivity index is 3.18. The van der Waals surface area contributed by atoms with Gasteiger partial charge in [0.1, 0.15) is 17.7 Å². The summed E-state index contributed by atoms with van der Waals surface area (Å²) in [5, 5.41) is 5.52. The number of alkyl carbamates (subject to hydrolysis) is 1. The van der Waals surface area contributed by atoms with Crippen LogP contribution in [0.1, 0.15) is 64.6 Å². The molecule has 0 radical (unpaired) electrons. The van der Waals surface area contributed by atoms with Crippen LogP contribution in [-0.4, -0.2) is 53.3 Å². The Labute approximate surface area is 191 Å². The van der Waals surface area contributed by atoms with Crippen LogP contribution in [0.15, 0.2) is 24.3 Å². The number of amides is 3. The lowest BCUT2D eigenvalue weighted by Gasteiger charge is -2.33. The summed E-state index contributed by atoms with van der Waals surface area (Å²) in [5.41, 5.74) is 1.02. The first kappa shape index (κ1) is 26.8. The number of nitrogens with one attached hydrogen (secondary N) is 2. The number of benzene rings is 1. The topological polar surface area (TPSA) is 87.7 Å². The first-order valence-electron chi connectivity index (χ1n) is 10.8. The van der Waals surface area contributed by atoms with Gasteiger partial charge in [-0.05, 0) is 46.6 Å². The minimum atomic E-state index is -0.922. The highest BCUT2D eigenvalue weighted by molar-refractivity contribution is 7.80. The van der Waals surface area contributed by atoms with Gasteiger partial charge in [0.15, 0.2) is 0 Å². The second-order valence-electron chi connectivity index (χ2n) is 8.47. The first-order valence-corrected chi connectivity index (χ1v) is 11.4. The standard InChI is InChI=1S/C23H37N3O4S/c1-7-9-13-24-20(27)19(17-12-10-11-16(3)14-17)26(8-2)21(28)18(15-31)25-22(29)30-23(4,5)6/h10-12,14,18-19,31H,7-9,13,15H2,1-6H3,(H,24,27)(H,25,29). The Kier molecular flexibility index (Phi) is 10.9. The van der Waals surface area contributed by atoms with Gasteiger partial charge in [-0.15, -0.1) is 0 Å². The van der Waals surface area contributed by atoms with Gasteiger partial charge in [0.2, 0.25) is 11.8 Å². The van der Waals surface area contributed by atoms with Crippen molar-refractivity contribution < 1.29 is 19.1 Å². The van der Waals surface area contributed by atoms with Gasteiger partial charge < -0.3 is 20.3 Å². The molecule has 0 saturated heterocycles. The molecule has 3 amide bonds. The van der Waals surface area contributed by atoms with E-state index in [1.165, 1.54) is 4.90 Å². The lowest BCUT2D eigenvalue weighted by molar-refractivity contribution is -0.141. The van der Waals surface area contributed by atoms with E-state index in [4.69, 9.17) is 4.74 Å². The molecular weight excluding hydrogens is 414 g/mol. The number of unbranched alkanes of at least 4 members (excludes halogenated alkanes) is 1. The molecule has 1 aromatic rings. The maximum Gasteiger partial charge on any atom is 0.408 e. The molecular formula is C23H37N3O4S. The summed E-state index contributed by atoms with van der Waals surface area (Å²) in [6, 6.07) is 5.81. The highest BCUT2D eigenvalue weighted by Crippen LogP contribution is 2.23. The van der Waals surface area contributed by atoms with Crippen LogP contribution in [0.4, 0.5) is 4.79 Å². The van der Waals surface area contributed by atoms with Crippen molar-refractivity contribution in [3.05, 3.63) is 35.4 Å². The molecule has 1 rings (SSSR count). The molecule has 0 fully saturated rings. The Bertz CT molecular complexity index is 749. The van der Waals surface area contributed by atoms with Crippen molar-refractivity contribution in [1.82, 2.24) is 15.5 Å². The quantitative estimate of drug-likeness (QED) is 0.374. The lowest BCUT2D eigenvalue weighted by atomic mass is 10.0. The molecule has 0 aromatic heterocycles. The van der Waals surface area contributed by atoms with Crippen molar-refractivity contribution >= 4 is 30.5 Å². The molecule has 0 bridgehead atoms. The number of rotatable bonds is 10. The average Bonchev–Trinajstić information content (AvgIpc) is 2.68. The highest BCUT2D eigenvalue weighted by atomic mass is 32.1. The zero-order valence-corrected chi connectivity index (χ0v) is 20.4. The summed E-state index contributed by atoms with van der Waals surface area (Å²) in [6.45, 7) is 11.9. The Morgan fingerprint density at radius 1 is 1.19 bits per heavy atom. The van der Waals surface area contributed by atoms with E-state index in [0.717, 1.165) is 24.0 Å². The fraction of sp³-hybridized carbons (Fsp3) is 0.609. The minimum Gasteiger partial charge on any atom is -0.444 e. The SMILES string of the molecule is CCCCNC(=O)C(c1cccc(C)c1)N(CC)C(=O)C(CS)NC(=O)OC(C)(C)C. The summed E-state index contributed by atoms with van der Waals surface area (Å²) in [4.78, 5) is 40.2. The third-order valence-electron chi connectivity index (χ3n) is 4.54. The number of thiol groups is 1. The summed E-state index contributed by atoms with van der Waals surface area (Å²) < 4.78 is 5.27. The van der Waals surface area contributed by atoms with Crippen LogP contribution in [0.2, 0.25) is 0 Å². The average molecular weight is 452 g/mol. The van der Waals surface area contributed by atoms with Gasteiger partial charge in [-0.2, -0.15) is 12.6 Å². The fourth-order valence-electron chi connectivity index (χ4n) is 3.10. The fourth-order valence-corrected chi connectivity index (χ4v) is 3.35. The maximum absolute atomic E-state index is 13.4. The number of aryl methyl sites for hydroxylation is 1. The summed E-state index contributed by atoms with van der Waals surface area (Å²) >= 11 is 4.25. The lowest BCUT2D eigenvalue weighted by Crippen LogP contribution is -2.53. The van der Waals surface area contributed by atoms with E-state index < -0.39 is 23.8 Å². The van der Waals surface area contributed by atoms with Crippen molar-refractivity contribution in [3.63, 3.8) is 0 Å². The van der Waals surface area contributed by atoms with E-state index in [-0.39, 0.29) is 17.6 Å². The van der Waals surface area contributed by atoms with E-state index in [1.54, 1.807) is 20.8 Å². The second kappa shape index (κ2) is 12.6. The number of hydrogen-bond donors (Lipinski definition) is 3. The van der Waals surface area contributed by atoms with E-state index in [9.17, 15) is 14.4 Å². The Hall–Kier alpha value is -2.22. The molecule has 0 aliphatic carbocycles. The Morgan fingerprint density at radius 2 is 1.87 bits per heavy atom. The predicted molar refractivity (Wildman–Crippen MR) is 126 cm³/mol.